The quantitative estimate of drug-likeness (QED) is 0.913. The normalized spacial score (nSPS) is 12.2. The molecule has 0 amide bonds. The molecule has 0 spiro atoms. The molecular weight excluding hydrogens is 238 g/mol. The molecule has 1 unspecified atom stereocenters. The van der Waals surface area contributed by atoms with Gasteiger partial charge in [0.1, 0.15) is 11.6 Å². The van der Waals surface area contributed by atoms with E-state index >= 15 is 0 Å². The van der Waals surface area contributed by atoms with Crippen LogP contribution in [0.5, 0.6) is 5.75 Å². The van der Waals surface area contributed by atoms with Crippen LogP contribution in [0.25, 0.3) is 0 Å². The molecule has 1 N–H and O–H groups in total. The van der Waals surface area contributed by atoms with Gasteiger partial charge in [0.25, 0.3) is 0 Å². The van der Waals surface area contributed by atoms with E-state index < -0.39 is 0 Å². The SMILES string of the molecule is CNC(c1ccnc(C)n1)c1ccc(OC)cc1C. The number of ether oxygens (including phenoxy) is 1. The predicted octanol–water partition coefficient (Wildman–Crippen LogP) is 2.41. The van der Waals surface area contributed by atoms with Crippen molar-refractivity contribution < 1.29 is 4.74 Å². The number of hydrogen-bond donors (Lipinski definition) is 1. The molecule has 4 heteroatoms. The minimum atomic E-state index is 0.0626. The van der Waals surface area contributed by atoms with Crippen LogP contribution in [0, 0.1) is 13.8 Å². The third-order valence-corrected chi connectivity index (χ3v) is 3.17. The minimum Gasteiger partial charge on any atom is -0.497 e. The summed E-state index contributed by atoms with van der Waals surface area (Å²) in [6.07, 6.45) is 1.79. The first-order valence-corrected chi connectivity index (χ1v) is 6.27. The third-order valence-electron chi connectivity index (χ3n) is 3.17. The first-order valence-electron chi connectivity index (χ1n) is 6.27. The van der Waals surface area contributed by atoms with E-state index in [4.69, 9.17) is 4.74 Å². The van der Waals surface area contributed by atoms with E-state index in [-0.39, 0.29) is 6.04 Å². The molecule has 0 aliphatic heterocycles. The summed E-state index contributed by atoms with van der Waals surface area (Å²) in [5.41, 5.74) is 3.35. The second-order valence-corrected chi connectivity index (χ2v) is 4.47. The highest BCUT2D eigenvalue weighted by Gasteiger charge is 2.16. The van der Waals surface area contributed by atoms with Crippen LogP contribution < -0.4 is 10.1 Å². The van der Waals surface area contributed by atoms with Crippen molar-refractivity contribution in [3.63, 3.8) is 0 Å². The van der Waals surface area contributed by atoms with E-state index in [1.807, 2.05) is 32.2 Å². The lowest BCUT2D eigenvalue weighted by Crippen LogP contribution is -2.20. The van der Waals surface area contributed by atoms with E-state index in [9.17, 15) is 0 Å². The largest absolute Gasteiger partial charge is 0.497 e. The van der Waals surface area contributed by atoms with Crippen molar-refractivity contribution in [1.82, 2.24) is 15.3 Å². The summed E-state index contributed by atoms with van der Waals surface area (Å²) in [5, 5.41) is 3.31. The highest BCUT2D eigenvalue weighted by atomic mass is 16.5. The summed E-state index contributed by atoms with van der Waals surface area (Å²) in [6.45, 7) is 3.98. The maximum atomic E-state index is 5.24. The Hall–Kier alpha value is -1.94. The highest BCUT2D eigenvalue weighted by Crippen LogP contribution is 2.26. The van der Waals surface area contributed by atoms with Gasteiger partial charge in [-0.15, -0.1) is 0 Å². The van der Waals surface area contributed by atoms with Gasteiger partial charge < -0.3 is 10.1 Å². The summed E-state index contributed by atoms with van der Waals surface area (Å²) in [7, 11) is 3.61. The predicted molar refractivity (Wildman–Crippen MR) is 75.4 cm³/mol. The number of aromatic nitrogens is 2. The fraction of sp³-hybridized carbons (Fsp3) is 0.333. The van der Waals surface area contributed by atoms with Gasteiger partial charge in [-0.3, -0.25) is 0 Å². The van der Waals surface area contributed by atoms with Crippen LogP contribution in [0.4, 0.5) is 0 Å². The van der Waals surface area contributed by atoms with Crippen molar-refractivity contribution in [3.8, 4) is 5.75 Å². The maximum absolute atomic E-state index is 5.24. The fourth-order valence-corrected chi connectivity index (χ4v) is 2.20. The van der Waals surface area contributed by atoms with E-state index in [1.54, 1.807) is 13.3 Å². The fourth-order valence-electron chi connectivity index (χ4n) is 2.20. The zero-order chi connectivity index (χ0) is 13.8. The first kappa shape index (κ1) is 13.5. The van der Waals surface area contributed by atoms with E-state index in [0.29, 0.717) is 0 Å². The molecule has 0 aliphatic rings. The molecule has 1 atom stereocenters. The van der Waals surface area contributed by atoms with Crippen LogP contribution in [0.2, 0.25) is 0 Å². The molecule has 0 saturated carbocycles. The second kappa shape index (κ2) is 5.80. The van der Waals surface area contributed by atoms with Crippen molar-refractivity contribution in [2.24, 2.45) is 0 Å². The number of benzene rings is 1. The van der Waals surface area contributed by atoms with Gasteiger partial charge in [-0.1, -0.05) is 6.07 Å². The number of aryl methyl sites for hydroxylation is 2. The van der Waals surface area contributed by atoms with Crippen molar-refractivity contribution in [1.29, 1.82) is 0 Å². The van der Waals surface area contributed by atoms with Crippen LogP contribution in [0.3, 0.4) is 0 Å². The van der Waals surface area contributed by atoms with Crippen LogP contribution in [-0.2, 0) is 0 Å². The Morgan fingerprint density at radius 2 is 2.00 bits per heavy atom. The molecule has 100 valence electrons. The molecule has 0 saturated heterocycles. The Bertz CT molecular complexity index is 569. The van der Waals surface area contributed by atoms with Gasteiger partial charge in [-0.25, -0.2) is 9.97 Å². The maximum Gasteiger partial charge on any atom is 0.125 e. The van der Waals surface area contributed by atoms with Crippen molar-refractivity contribution >= 4 is 0 Å². The van der Waals surface area contributed by atoms with Gasteiger partial charge in [-0.2, -0.15) is 0 Å². The lowest BCUT2D eigenvalue weighted by atomic mass is 9.98. The average molecular weight is 257 g/mol. The van der Waals surface area contributed by atoms with Gasteiger partial charge in [0.2, 0.25) is 0 Å². The second-order valence-electron chi connectivity index (χ2n) is 4.47. The smallest absolute Gasteiger partial charge is 0.125 e. The number of methoxy groups -OCH3 is 1. The van der Waals surface area contributed by atoms with Crippen molar-refractivity contribution in [3.05, 3.63) is 53.1 Å². The Labute approximate surface area is 113 Å². The summed E-state index contributed by atoms with van der Waals surface area (Å²) in [4.78, 5) is 8.64. The van der Waals surface area contributed by atoms with Gasteiger partial charge in [-0.05, 0) is 50.2 Å². The van der Waals surface area contributed by atoms with Crippen LogP contribution >= 0.6 is 0 Å². The van der Waals surface area contributed by atoms with Gasteiger partial charge in [0, 0.05) is 6.20 Å². The van der Waals surface area contributed by atoms with E-state index in [2.05, 4.69) is 28.3 Å². The summed E-state index contributed by atoms with van der Waals surface area (Å²) >= 11 is 0. The Kier molecular flexibility index (Phi) is 4.12. The molecule has 0 aliphatic carbocycles. The van der Waals surface area contributed by atoms with Crippen molar-refractivity contribution in [2.75, 3.05) is 14.2 Å². The number of nitrogens with zero attached hydrogens (tertiary/aromatic N) is 2. The summed E-state index contributed by atoms with van der Waals surface area (Å²) in [5.74, 6) is 1.65. The van der Waals surface area contributed by atoms with E-state index in [1.165, 1.54) is 11.1 Å². The van der Waals surface area contributed by atoms with Crippen LogP contribution in [0.15, 0.2) is 30.5 Å². The zero-order valence-corrected chi connectivity index (χ0v) is 11.8. The molecule has 19 heavy (non-hydrogen) atoms. The minimum absolute atomic E-state index is 0.0626. The molecular formula is C15H19N3O. The Morgan fingerprint density at radius 1 is 1.21 bits per heavy atom. The lowest BCUT2D eigenvalue weighted by Gasteiger charge is -2.19. The Balaban J connectivity index is 2.42. The zero-order valence-electron chi connectivity index (χ0n) is 11.8. The molecule has 0 radical (unpaired) electrons. The molecule has 0 fully saturated rings. The topological polar surface area (TPSA) is 47.0 Å². The van der Waals surface area contributed by atoms with Crippen molar-refractivity contribution in [2.45, 2.75) is 19.9 Å². The first-order chi connectivity index (χ1) is 9.15. The van der Waals surface area contributed by atoms with E-state index in [0.717, 1.165) is 17.3 Å². The molecule has 1 heterocycles. The standard InChI is InChI=1S/C15H19N3O/c1-10-9-12(19-4)5-6-13(10)15(16-3)14-7-8-17-11(2)18-14/h5-9,15-16H,1-4H3. The molecule has 2 aromatic rings. The van der Waals surface area contributed by atoms with Crippen LogP contribution in [0.1, 0.15) is 28.7 Å². The average Bonchev–Trinajstić information content (AvgIpc) is 2.41. The molecule has 4 nitrogen and oxygen atoms in total. The lowest BCUT2D eigenvalue weighted by molar-refractivity contribution is 0.414. The van der Waals surface area contributed by atoms with Gasteiger partial charge >= 0.3 is 0 Å². The van der Waals surface area contributed by atoms with Crippen LogP contribution in [-0.4, -0.2) is 24.1 Å². The monoisotopic (exact) mass is 257 g/mol. The van der Waals surface area contributed by atoms with Gasteiger partial charge in [0.05, 0.1) is 18.8 Å². The molecule has 1 aromatic carbocycles. The number of rotatable bonds is 4. The Morgan fingerprint density at radius 3 is 2.58 bits per heavy atom. The summed E-state index contributed by atoms with van der Waals surface area (Å²) < 4.78 is 5.24. The number of nitrogens with one attached hydrogen (secondary N) is 1. The third kappa shape index (κ3) is 2.90. The highest BCUT2D eigenvalue weighted by molar-refractivity contribution is 5.39. The molecule has 1 aromatic heterocycles. The molecule has 0 bridgehead atoms. The summed E-state index contributed by atoms with van der Waals surface area (Å²) in [6, 6.07) is 8.09. The number of hydrogen-bond acceptors (Lipinski definition) is 4. The van der Waals surface area contributed by atoms with Gasteiger partial charge in [0.15, 0.2) is 0 Å². The molecule has 2 rings (SSSR count).